The molecule has 2 heteroatoms. The molecule has 0 aliphatic heterocycles. The summed E-state index contributed by atoms with van der Waals surface area (Å²) in [5, 5.41) is 15.2. The van der Waals surface area contributed by atoms with Crippen LogP contribution in [0.5, 0.6) is 0 Å². The Morgan fingerprint density at radius 3 is 0.205 bits per heavy atom. The van der Waals surface area contributed by atoms with Gasteiger partial charge >= 0.3 is 0 Å². The van der Waals surface area contributed by atoms with Crippen molar-refractivity contribution in [1.82, 2.24) is 0 Å². The molecule has 0 aromatic carbocycles. The molecule has 2 nitrogen and oxygen atoms in total. The Hall–Kier alpha value is -0.0800. The number of aliphatic hydroxyl groups excluding tert-OH is 2. The molecule has 4 fully saturated rings. The second-order valence-corrected chi connectivity index (χ2v) is 14.6. The van der Waals surface area contributed by atoms with Crippen molar-refractivity contribution < 1.29 is 10.2 Å². The van der Waals surface area contributed by atoms with E-state index < -0.39 is 0 Å². The lowest BCUT2D eigenvalue weighted by atomic mass is 10.0. The standard InChI is InChI=1S/4C10H20.C2H6O2/c4*1-2-4-6-8-10-9-7-5-3-1;3-1-2-4/h4*1-10H2;3-4H,1-2H2. The summed E-state index contributed by atoms with van der Waals surface area (Å²) in [5.74, 6) is 0. The van der Waals surface area contributed by atoms with Crippen LogP contribution in [0.2, 0.25) is 0 Å². The summed E-state index contributed by atoms with van der Waals surface area (Å²) in [4.78, 5) is 0. The fraction of sp³-hybridized carbons (Fsp3) is 1.00. The normalized spacial score (nSPS) is 22.5. The monoisotopic (exact) mass is 623 g/mol. The molecule has 266 valence electrons. The minimum Gasteiger partial charge on any atom is -0.394 e. The van der Waals surface area contributed by atoms with Crippen molar-refractivity contribution in [3.63, 3.8) is 0 Å². The molecular weight excluding hydrogens is 536 g/mol. The minimum absolute atomic E-state index is 0.125. The third-order valence-electron chi connectivity index (χ3n) is 10.1. The zero-order valence-electron chi connectivity index (χ0n) is 30.6. The Morgan fingerprint density at radius 2 is 0.182 bits per heavy atom. The summed E-state index contributed by atoms with van der Waals surface area (Å²) in [5.41, 5.74) is 0. The predicted octanol–water partition coefficient (Wildman–Crippen LogP) is 14.6. The zero-order valence-corrected chi connectivity index (χ0v) is 30.6. The highest BCUT2D eigenvalue weighted by molar-refractivity contribution is 4.54. The summed E-state index contributed by atoms with van der Waals surface area (Å²) in [6.07, 6.45) is 60.0. The maximum absolute atomic E-state index is 7.62. The highest BCUT2D eigenvalue weighted by Crippen LogP contribution is 2.18. The summed E-state index contributed by atoms with van der Waals surface area (Å²) in [6.45, 7) is -0.250. The van der Waals surface area contributed by atoms with Crippen LogP contribution in [-0.4, -0.2) is 23.4 Å². The molecule has 44 heavy (non-hydrogen) atoms. The van der Waals surface area contributed by atoms with Crippen LogP contribution in [0.3, 0.4) is 0 Å². The van der Waals surface area contributed by atoms with Crippen molar-refractivity contribution in [3.8, 4) is 0 Å². The summed E-state index contributed by atoms with van der Waals surface area (Å²) >= 11 is 0. The molecule has 0 radical (unpaired) electrons. The van der Waals surface area contributed by atoms with E-state index in [1.807, 2.05) is 0 Å². The highest BCUT2D eigenvalue weighted by atomic mass is 16.3. The van der Waals surface area contributed by atoms with E-state index in [0.717, 1.165) is 0 Å². The van der Waals surface area contributed by atoms with Gasteiger partial charge in [-0.25, -0.2) is 0 Å². The number of hydrogen-bond donors (Lipinski definition) is 2. The first-order chi connectivity index (χ1) is 21.9. The first kappa shape index (κ1) is 43.9. The molecule has 0 amide bonds. The van der Waals surface area contributed by atoms with Crippen LogP contribution in [0.4, 0.5) is 0 Å². The van der Waals surface area contributed by atoms with Gasteiger partial charge in [-0.1, -0.05) is 257 Å². The van der Waals surface area contributed by atoms with Crippen molar-refractivity contribution in [1.29, 1.82) is 0 Å². The van der Waals surface area contributed by atoms with E-state index >= 15 is 0 Å². The second-order valence-electron chi connectivity index (χ2n) is 14.6. The SMILES string of the molecule is C1CCCCCCCCC1.C1CCCCCCCCC1.C1CCCCCCCCC1.C1CCCCCCCCC1.OCCO. The molecule has 0 atom stereocenters. The Bertz CT molecular complexity index is 250. The van der Waals surface area contributed by atoms with Crippen LogP contribution in [0.1, 0.15) is 257 Å². The van der Waals surface area contributed by atoms with Crippen molar-refractivity contribution >= 4 is 0 Å². The third-order valence-corrected chi connectivity index (χ3v) is 10.1. The Labute approximate surface area is 279 Å². The number of aliphatic hydroxyl groups is 2. The second kappa shape index (κ2) is 42.9. The van der Waals surface area contributed by atoms with Crippen LogP contribution in [-0.2, 0) is 0 Å². The van der Waals surface area contributed by atoms with Gasteiger partial charge in [0.2, 0.25) is 0 Å². The lowest BCUT2D eigenvalue weighted by Gasteiger charge is -2.05. The molecule has 2 N–H and O–H groups in total. The summed E-state index contributed by atoms with van der Waals surface area (Å²) in [6, 6.07) is 0. The first-order valence-electron chi connectivity index (χ1n) is 21.1. The van der Waals surface area contributed by atoms with Gasteiger partial charge in [-0.3, -0.25) is 0 Å². The van der Waals surface area contributed by atoms with E-state index in [1.165, 1.54) is 257 Å². The molecule has 0 saturated heterocycles. The molecule has 0 spiro atoms. The Balaban J connectivity index is 0.000000538. The number of hydrogen-bond acceptors (Lipinski definition) is 2. The summed E-state index contributed by atoms with van der Waals surface area (Å²) < 4.78 is 0. The third kappa shape index (κ3) is 41.9. The lowest BCUT2D eigenvalue weighted by molar-refractivity contribution is 0.186. The molecular formula is C42H86O2. The topological polar surface area (TPSA) is 40.5 Å². The lowest BCUT2D eigenvalue weighted by Crippen LogP contribution is -1.85. The van der Waals surface area contributed by atoms with Crippen LogP contribution >= 0.6 is 0 Å². The van der Waals surface area contributed by atoms with Crippen LogP contribution in [0.15, 0.2) is 0 Å². The Kier molecular flexibility index (Phi) is 42.8. The molecule has 4 aliphatic carbocycles. The highest BCUT2D eigenvalue weighted by Gasteiger charge is 1.98. The quantitative estimate of drug-likeness (QED) is 0.305. The largest absolute Gasteiger partial charge is 0.394 e. The van der Waals surface area contributed by atoms with Crippen molar-refractivity contribution in [2.45, 2.75) is 257 Å². The Morgan fingerprint density at radius 1 is 0.136 bits per heavy atom. The smallest absolute Gasteiger partial charge is 0.0662 e. The van der Waals surface area contributed by atoms with Gasteiger partial charge in [-0.05, 0) is 0 Å². The van der Waals surface area contributed by atoms with E-state index in [1.54, 1.807) is 0 Å². The van der Waals surface area contributed by atoms with Crippen LogP contribution in [0, 0.1) is 0 Å². The van der Waals surface area contributed by atoms with E-state index in [4.69, 9.17) is 10.2 Å². The van der Waals surface area contributed by atoms with Gasteiger partial charge in [0, 0.05) is 0 Å². The maximum atomic E-state index is 7.62. The molecule has 0 aromatic heterocycles. The van der Waals surface area contributed by atoms with Gasteiger partial charge in [0.15, 0.2) is 0 Å². The van der Waals surface area contributed by atoms with Gasteiger partial charge < -0.3 is 10.2 Å². The van der Waals surface area contributed by atoms with Crippen LogP contribution < -0.4 is 0 Å². The molecule has 0 heterocycles. The van der Waals surface area contributed by atoms with Crippen molar-refractivity contribution in [2.75, 3.05) is 13.2 Å². The average molecular weight is 623 g/mol. The first-order valence-corrected chi connectivity index (χ1v) is 21.1. The van der Waals surface area contributed by atoms with E-state index in [0.29, 0.717) is 0 Å². The van der Waals surface area contributed by atoms with Crippen molar-refractivity contribution in [2.24, 2.45) is 0 Å². The number of rotatable bonds is 1. The molecule has 0 unspecified atom stereocenters. The maximum Gasteiger partial charge on any atom is 0.0662 e. The summed E-state index contributed by atoms with van der Waals surface area (Å²) in [7, 11) is 0. The van der Waals surface area contributed by atoms with Crippen molar-refractivity contribution in [3.05, 3.63) is 0 Å². The molecule has 4 rings (SSSR count). The fourth-order valence-electron chi connectivity index (χ4n) is 7.07. The van der Waals surface area contributed by atoms with E-state index in [2.05, 4.69) is 0 Å². The van der Waals surface area contributed by atoms with Crippen LogP contribution in [0.25, 0.3) is 0 Å². The average Bonchev–Trinajstić information content (AvgIpc) is 3.09. The fourth-order valence-corrected chi connectivity index (χ4v) is 7.07. The molecule has 0 aromatic rings. The molecule has 0 bridgehead atoms. The van der Waals surface area contributed by atoms with Gasteiger partial charge in [0.25, 0.3) is 0 Å². The van der Waals surface area contributed by atoms with Gasteiger partial charge in [0.05, 0.1) is 13.2 Å². The minimum atomic E-state index is -0.125. The van der Waals surface area contributed by atoms with Gasteiger partial charge in [-0.2, -0.15) is 0 Å². The van der Waals surface area contributed by atoms with Gasteiger partial charge in [-0.15, -0.1) is 0 Å². The predicted molar refractivity (Wildman–Crippen MR) is 199 cm³/mol. The van der Waals surface area contributed by atoms with E-state index in [9.17, 15) is 0 Å². The van der Waals surface area contributed by atoms with Gasteiger partial charge in [0.1, 0.15) is 0 Å². The zero-order chi connectivity index (χ0) is 31.7. The molecule has 4 aliphatic rings. The van der Waals surface area contributed by atoms with E-state index in [-0.39, 0.29) is 13.2 Å². The molecule has 4 saturated carbocycles.